The Morgan fingerprint density at radius 2 is 1.82 bits per heavy atom. The van der Waals surface area contributed by atoms with Gasteiger partial charge in [-0.15, -0.1) is 11.3 Å². The molecule has 0 unspecified atom stereocenters. The molecule has 6 nitrogen and oxygen atoms in total. The van der Waals surface area contributed by atoms with Gasteiger partial charge in [-0.1, -0.05) is 24.3 Å². The van der Waals surface area contributed by atoms with Crippen molar-refractivity contribution in [2.75, 3.05) is 31.5 Å². The quantitative estimate of drug-likeness (QED) is 0.717. The summed E-state index contributed by atoms with van der Waals surface area (Å²) in [5.41, 5.74) is 1.45. The lowest BCUT2D eigenvalue weighted by molar-refractivity contribution is 0.0760. The van der Waals surface area contributed by atoms with E-state index in [-0.39, 0.29) is 5.91 Å². The largest absolute Gasteiger partial charge is 0.337 e. The highest BCUT2D eigenvalue weighted by Crippen LogP contribution is 2.16. The lowest BCUT2D eigenvalue weighted by Gasteiger charge is -2.21. The van der Waals surface area contributed by atoms with Crippen molar-refractivity contribution < 1.29 is 4.79 Å². The number of rotatable bonds is 5. The summed E-state index contributed by atoms with van der Waals surface area (Å²) in [5, 5.41) is 5.24. The van der Waals surface area contributed by atoms with Crippen LogP contribution in [0.4, 0.5) is 11.6 Å². The Morgan fingerprint density at radius 1 is 1.00 bits per heavy atom. The number of nitrogens with one attached hydrogen (secondary N) is 1. The second-order valence-corrected chi connectivity index (χ2v) is 7.82. The number of amides is 1. The summed E-state index contributed by atoms with van der Waals surface area (Å²) < 4.78 is 0. The number of thiophene rings is 1. The van der Waals surface area contributed by atoms with Crippen molar-refractivity contribution in [3.05, 3.63) is 70.7 Å². The van der Waals surface area contributed by atoms with Crippen molar-refractivity contribution in [3.8, 4) is 0 Å². The Morgan fingerprint density at radius 3 is 2.57 bits per heavy atom. The van der Waals surface area contributed by atoms with Gasteiger partial charge in [0.2, 0.25) is 5.95 Å². The molecule has 1 saturated heterocycles. The molecule has 4 rings (SSSR count). The van der Waals surface area contributed by atoms with E-state index in [1.54, 1.807) is 23.7 Å². The van der Waals surface area contributed by atoms with Crippen LogP contribution in [0, 0.1) is 0 Å². The number of carbonyl (C=O) groups excluding carboxylic acids is 1. The minimum Gasteiger partial charge on any atom is -0.337 e. The number of anilines is 2. The Bertz CT molecular complexity index is 883. The third-order valence-corrected chi connectivity index (χ3v) is 5.63. The normalized spacial score (nSPS) is 15.2. The molecule has 1 aliphatic heterocycles. The Labute approximate surface area is 168 Å². The topological polar surface area (TPSA) is 61.4 Å². The van der Waals surface area contributed by atoms with Gasteiger partial charge in [0.15, 0.2) is 0 Å². The van der Waals surface area contributed by atoms with E-state index in [0.717, 1.165) is 44.8 Å². The van der Waals surface area contributed by atoms with E-state index in [2.05, 4.69) is 37.7 Å². The number of nitrogens with zero attached hydrogens (tertiary/aromatic N) is 4. The first kappa shape index (κ1) is 18.6. The maximum atomic E-state index is 12.9. The van der Waals surface area contributed by atoms with Crippen molar-refractivity contribution in [2.45, 2.75) is 13.0 Å². The zero-order chi connectivity index (χ0) is 19.2. The molecule has 3 aromatic rings. The molecule has 144 valence electrons. The van der Waals surface area contributed by atoms with Crippen LogP contribution in [-0.4, -0.2) is 51.9 Å². The highest BCUT2D eigenvalue weighted by Gasteiger charge is 2.21. The van der Waals surface area contributed by atoms with Crippen molar-refractivity contribution in [3.63, 3.8) is 0 Å². The van der Waals surface area contributed by atoms with Crippen molar-refractivity contribution >= 4 is 28.9 Å². The molecule has 0 atom stereocenters. The van der Waals surface area contributed by atoms with Gasteiger partial charge in [0.05, 0.1) is 5.56 Å². The maximum absolute atomic E-state index is 12.9. The summed E-state index contributed by atoms with van der Waals surface area (Å²) in [7, 11) is 0. The Kier molecular flexibility index (Phi) is 5.94. The number of hydrogen-bond donors (Lipinski definition) is 1. The monoisotopic (exact) mass is 393 g/mol. The standard InChI is InChI=1S/C21H23N5OS/c27-20(17-14-22-21(23-15-17)24-18-6-2-1-3-7-18)26-10-5-9-25(11-12-26)16-19-8-4-13-28-19/h1-4,6-8,13-15H,5,9-12,16H2,(H,22,23,24). The molecule has 1 fully saturated rings. The highest BCUT2D eigenvalue weighted by atomic mass is 32.1. The van der Waals surface area contributed by atoms with E-state index < -0.39 is 0 Å². The molecule has 1 N–H and O–H groups in total. The van der Waals surface area contributed by atoms with Gasteiger partial charge in [0, 0.05) is 55.7 Å². The van der Waals surface area contributed by atoms with Gasteiger partial charge in [-0.05, 0) is 30.0 Å². The molecule has 0 saturated carbocycles. The molecule has 7 heteroatoms. The lowest BCUT2D eigenvalue weighted by atomic mass is 10.2. The molecule has 3 heterocycles. The van der Waals surface area contributed by atoms with Crippen LogP contribution >= 0.6 is 11.3 Å². The van der Waals surface area contributed by atoms with Crippen LogP contribution < -0.4 is 5.32 Å². The smallest absolute Gasteiger partial charge is 0.257 e. The summed E-state index contributed by atoms with van der Waals surface area (Å²) in [6.45, 7) is 4.36. The first-order valence-corrected chi connectivity index (χ1v) is 10.3. The summed E-state index contributed by atoms with van der Waals surface area (Å²) in [6.07, 6.45) is 4.19. The van der Waals surface area contributed by atoms with Gasteiger partial charge in [0.25, 0.3) is 5.91 Å². The molecule has 0 spiro atoms. The molecule has 1 aromatic carbocycles. The van der Waals surface area contributed by atoms with Crippen molar-refractivity contribution in [2.24, 2.45) is 0 Å². The summed E-state index contributed by atoms with van der Waals surface area (Å²) in [5.74, 6) is 0.491. The van der Waals surface area contributed by atoms with Crippen LogP contribution in [0.5, 0.6) is 0 Å². The summed E-state index contributed by atoms with van der Waals surface area (Å²) in [6, 6.07) is 14.0. The van der Waals surface area contributed by atoms with E-state index >= 15 is 0 Å². The fourth-order valence-electron chi connectivity index (χ4n) is 3.29. The molecule has 2 aromatic heterocycles. The van der Waals surface area contributed by atoms with E-state index in [1.165, 1.54) is 4.88 Å². The van der Waals surface area contributed by atoms with Gasteiger partial charge in [-0.2, -0.15) is 0 Å². The molecular formula is C21H23N5OS. The first-order chi connectivity index (χ1) is 13.8. The fraction of sp³-hybridized carbons (Fsp3) is 0.286. The highest BCUT2D eigenvalue weighted by molar-refractivity contribution is 7.09. The third-order valence-electron chi connectivity index (χ3n) is 4.76. The molecule has 0 radical (unpaired) electrons. The van der Waals surface area contributed by atoms with Crippen LogP contribution in [0.3, 0.4) is 0 Å². The fourth-order valence-corrected chi connectivity index (χ4v) is 4.04. The lowest BCUT2D eigenvalue weighted by Crippen LogP contribution is -2.35. The average molecular weight is 394 g/mol. The summed E-state index contributed by atoms with van der Waals surface area (Å²) in [4.78, 5) is 27.2. The molecule has 0 aliphatic carbocycles. The minimum absolute atomic E-state index is 0.00392. The maximum Gasteiger partial charge on any atom is 0.257 e. The number of benzene rings is 1. The molecule has 1 amide bonds. The third kappa shape index (κ3) is 4.74. The predicted octanol–water partition coefficient (Wildman–Crippen LogP) is 3.63. The number of aromatic nitrogens is 2. The van der Waals surface area contributed by atoms with Gasteiger partial charge in [0.1, 0.15) is 0 Å². The number of hydrogen-bond acceptors (Lipinski definition) is 6. The first-order valence-electron chi connectivity index (χ1n) is 9.46. The number of para-hydroxylation sites is 1. The van der Waals surface area contributed by atoms with Crippen LogP contribution in [0.1, 0.15) is 21.7 Å². The molecular weight excluding hydrogens is 370 g/mol. The van der Waals surface area contributed by atoms with Crippen LogP contribution in [-0.2, 0) is 6.54 Å². The van der Waals surface area contributed by atoms with Crippen molar-refractivity contribution in [1.82, 2.24) is 19.8 Å². The summed E-state index contributed by atoms with van der Waals surface area (Å²) >= 11 is 1.78. The molecule has 28 heavy (non-hydrogen) atoms. The zero-order valence-corrected chi connectivity index (χ0v) is 16.4. The second-order valence-electron chi connectivity index (χ2n) is 6.79. The minimum atomic E-state index is 0.00392. The number of carbonyl (C=O) groups is 1. The van der Waals surface area contributed by atoms with E-state index in [1.807, 2.05) is 35.2 Å². The van der Waals surface area contributed by atoms with E-state index in [0.29, 0.717) is 11.5 Å². The Balaban J connectivity index is 1.34. The SMILES string of the molecule is O=C(c1cnc(Nc2ccccc2)nc1)N1CCCN(Cc2cccs2)CC1. The molecule has 1 aliphatic rings. The van der Waals surface area contributed by atoms with Gasteiger partial charge >= 0.3 is 0 Å². The van der Waals surface area contributed by atoms with E-state index in [9.17, 15) is 4.79 Å². The van der Waals surface area contributed by atoms with Crippen molar-refractivity contribution in [1.29, 1.82) is 0 Å². The molecule has 0 bridgehead atoms. The van der Waals surface area contributed by atoms with Crippen LogP contribution in [0.15, 0.2) is 60.2 Å². The van der Waals surface area contributed by atoms with Crippen LogP contribution in [0.25, 0.3) is 0 Å². The predicted molar refractivity (Wildman–Crippen MR) is 112 cm³/mol. The average Bonchev–Trinajstić information content (AvgIpc) is 3.13. The van der Waals surface area contributed by atoms with E-state index in [4.69, 9.17) is 0 Å². The zero-order valence-electron chi connectivity index (χ0n) is 15.6. The van der Waals surface area contributed by atoms with Gasteiger partial charge < -0.3 is 10.2 Å². The van der Waals surface area contributed by atoms with Crippen LogP contribution in [0.2, 0.25) is 0 Å². The van der Waals surface area contributed by atoms with Gasteiger partial charge in [-0.3, -0.25) is 9.69 Å². The van der Waals surface area contributed by atoms with Gasteiger partial charge in [-0.25, -0.2) is 9.97 Å². The second kappa shape index (κ2) is 8.95. The Hall–Kier alpha value is -2.77.